The average molecular weight is 1100 g/mol. The molecule has 0 N–H and O–H groups in total. The molecule has 0 heterocycles. The number of carbonyl (C=O) groups excluding carboxylic acids is 3. The third kappa shape index (κ3) is 60.9. The molecule has 0 aromatic carbocycles. The molecule has 2 atom stereocenters. The predicted octanol–water partition coefficient (Wildman–Crippen LogP) is 17.7. The van der Waals surface area contributed by atoms with Gasteiger partial charge in [-0.2, -0.15) is 0 Å². The van der Waals surface area contributed by atoms with E-state index in [-0.39, 0.29) is 38.6 Å². The Bertz CT molecular complexity index is 1750. The SMILES string of the molecule is CC/C=C\C/C=C\C/C=C\C/C=C\C/C=C\C/C=C\CCC(=O)OC(COC(=O)CCCCCCCCCCCCCCCCCCCCC/C=C\C/C=C\C/C=C\C/C=C\C/C=C\CC)COC(OCC[N+](C)(C)C)C(=O)[O-]. The Labute approximate surface area is 484 Å². The first-order chi connectivity index (χ1) is 38.6. The molecule has 0 amide bonds. The minimum Gasteiger partial charge on any atom is -0.545 e. The van der Waals surface area contributed by atoms with Crippen LogP contribution >= 0.6 is 0 Å². The molecule has 0 aromatic rings. The van der Waals surface area contributed by atoms with Crippen LogP contribution in [0.25, 0.3) is 0 Å². The highest BCUT2D eigenvalue weighted by molar-refractivity contribution is 5.70. The number of aliphatic carboxylic acids is 1. The molecule has 2 unspecified atom stereocenters. The van der Waals surface area contributed by atoms with Crippen molar-refractivity contribution in [3.8, 4) is 0 Å². The summed E-state index contributed by atoms with van der Waals surface area (Å²) in [6.45, 7) is 4.43. The van der Waals surface area contributed by atoms with E-state index in [9.17, 15) is 19.5 Å². The van der Waals surface area contributed by atoms with Crippen molar-refractivity contribution in [3.63, 3.8) is 0 Å². The Balaban J connectivity index is 4.16. The van der Waals surface area contributed by atoms with E-state index in [1.807, 2.05) is 33.3 Å². The number of allylic oxidation sites excluding steroid dienone is 22. The van der Waals surface area contributed by atoms with E-state index in [1.54, 1.807) is 0 Å². The van der Waals surface area contributed by atoms with E-state index in [2.05, 4.69) is 135 Å². The van der Waals surface area contributed by atoms with E-state index in [0.717, 1.165) is 89.9 Å². The van der Waals surface area contributed by atoms with Crippen molar-refractivity contribution in [3.05, 3.63) is 134 Å². The van der Waals surface area contributed by atoms with E-state index < -0.39 is 24.3 Å². The van der Waals surface area contributed by atoms with Crippen LogP contribution in [0.4, 0.5) is 0 Å². The summed E-state index contributed by atoms with van der Waals surface area (Å²) in [7, 11) is 5.89. The Morgan fingerprint density at radius 3 is 1.06 bits per heavy atom. The van der Waals surface area contributed by atoms with Gasteiger partial charge in [-0.05, 0) is 96.3 Å². The van der Waals surface area contributed by atoms with Crippen LogP contribution in [0, 0.1) is 0 Å². The van der Waals surface area contributed by atoms with E-state index in [0.29, 0.717) is 17.4 Å². The van der Waals surface area contributed by atoms with Gasteiger partial charge in [0.2, 0.25) is 0 Å². The van der Waals surface area contributed by atoms with Crippen molar-refractivity contribution >= 4 is 17.9 Å². The van der Waals surface area contributed by atoms with Crippen LogP contribution in [-0.2, 0) is 33.3 Å². The summed E-state index contributed by atoms with van der Waals surface area (Å²) < 4.78 is 22.6. The summed E-state index contributed by atoms with van der Waals surface area (Å²) in [6, 6.07) is 0. The second-order valence-corrected chi connectivity index (χ2v) is 21.6. The lowest BCUT2D eigenvalue weighted by Crippen LogP contribution is -2.44. The second kappa shape index (κ2) is 59.5. The lowest BCUT2D eigenvalue weighted by Gasteiger charge is -2.26. The zero-order chi connectivity index (χ0) is 57.6. The van der Waals surface area contributed by atoms with Crippen molar-refractivity contribution in [2.45, 2.75) is 245 Å². The highest BCUT2D eigenvalue weighted by Gasteiger charge is 2.21. The number of hydrogen-bond acceptors (Lipinski definition) is 8. The monoisotopic (exact) mass is 1100 g/mol. The molecule has 0 spiro atoms. The standard InChI is InChI=1S/C70H115NO8/c1-6-8-10-12-14-16-18-20-22-24-26-27-28-29-30-31-32-33-34-35-36-37-38-39-40-41-43-44-46-48-50-52-54-56-58-60-67(72)77-64-66(65-78-70(69(74)75)76-63-62-71(3,4)5)79-68(73)61-59-57-55-53-51-49-47-45-42-25-23-21-19-17-15-13-11-9-7-2/h8-11,14-17,20-23,26-27,29-30,42,45,49,51,55,57,66,70H,6-7,12-13,18-19,24-25,28,31-41,43-44,46-48,50,52-54,56,58-65H2,1-5H3/b10-8-,11-9-,16-14-,17-15-,22-20-,23-21-,27-26-,30-29-,45-42-,51-49-,57-55-. The molecule has 0 aliphatic carbocycles. The van der Waals surface area contributed by atoms with Crippen molar-refractivity contribution in [2.24, 2.45) is 0 Å². The van der Waals surface area contributed by atoms with Gasteiger partial charge in [-0.15, -0.1) is 0 Å². The minimum absolute atomic E-state index is 0.117. The van der Waals surface area contributed by atoms with Crippen molar-refractivity contribution in [2.75, 3.05) is 47.5 Å². The summed E-state index contributed by atoms with van der Waals surface area (Å²) in [5.74, 6) is -2.40. The van der Waals surface area contributed by atoms with Crippen LogP contribution in [0.3, 0.4) is 0 Å². The van der Waals surface area contributed by atoms with Gasteiger partial charge in [0.25, 0.3) is 0 Å². The second-order valence-electron chi connectivity index (χ2n) is 21.6. The molecule has 0 aliphatic rings. The number of ether oxygens (including phenoxy) is 4. The average Bonchev–Trinajstić information content (AvgIpc) is 3.42. The molecule has 0 radical (unpaired) electrons. The van der Waals surface area contributed by atoms with Crippen LogP contribution in [0.15, 0.2) is 134 Å². The Morgan fingerprint density at radius 1 is 0.380 bits per heavy atom. The Kier molecular flexibility index (Phi) is 56.1. The van der Waals surface area contributed by atoms with Crippen LogP contribution in [0.5, 0.6) is 0 Å². The minimum atomic E-state index is -1.65. The molecule has 0 rings (SSSR count). The van der Waals surface area contributed by atoms with Gasteiger partial charge in [-0.1, -0.05) is 257 Å². The molecule has 0 aromatic heterocycles. The van der Waals surface area contributed by atoms with Crippen molar-refractivity contribution in [1.82, 2.24) is 0 Å². The molecule has 0 saturated carbocycles. The molecule has 448 valence electrons. The fraction of sp³-hybridized carbons (Fsp3) is 0.643. The lowest BCUT2D eigenvalue weighted by atomic mass is 10.0. The van der Waals surface area contributed by atoms with Gasteiger partial charge in [-0.25, -0.2) is 0 Å². The number of nitrogens with zero attached hydrogens (tertiary/aromatic N) is 1. The number of unbranched alkanes of at least 4 members (excludes halogenated alkanes) is 19. The lowest BCUT2D eigenvalue weighted by molar-refractivity contribution is -0.870. The number of quaternary nitrogens is 1. The molecular formula is C70H115NO8. The van der Waals surface area contributed by atoms with Crippen LogP contribution in [-0.4, -0.2) is 82.3 Å². The van der Waals surface area contributed by atoms with E-state index in [1.165, 1.54) is 109 Å². The van der Waals surface area contributed by atoms with Gasteiger partial charge >= 0.3 is 11.9 Å². The van der Waals surface area contributed by atoms with Gasteiger partial charge in [0.05, 0.1) is 40.3 Å². The number of esters is 2. The van der Waals surface area contributed by atoms with Gasteiger partial charge in [0.15, 0.2) is 12.4 Å². The normalized spacial score (nSPS) is 13.7. The molecule has 9 nitrogen and oxygen atoms in total. The fourth-order valence-electron chi connectivity index (χ4n) is 8.18. The first kappa shape index (κ1) is 74.4. The molecule has 9 heteroatoms. The molecule has 79 heavy (non-hydrogen) atoms. The highest BCUT2D eigenvalue weighted by atomic mass is 16.7. The Hall–Kier alpha value is -4.57. The van der Waals surface area contributed by atoms with E-state index in [4.69, 9.17) is 18.9 Å². The maximum absolute atomic E-state index is 12.8. The smallest absolute Gasteiger partial charge is 0.306 e. The molecular weight excluding hydrogens is 983 g/mol. The topological polar surface area (TPSA) is 111 Å². The molecule has 0 saturated heterocycles. The zero-order valence-corrected chi connectivity index (χ0v) is 50.9. The number of hydrogen-bond donors (Lipinski definition) is 0. The van der Waals surface area contributed by atoms with Gasteiger partial charge in [0.1, 0.15) is 13.2 Å². The third-order valence-electron chi connectivity index (χ3n) is 12.9. The largest absolute Gasteiger partial charge is 0.545 e. The number of carbonyl (C=O) groups is 3. The fourth-order valence-corrected chi connectivity index (χ4v) is 8.18. The van der Waals surface area contributed by atoms with Crippen molar-refractivity contribution in [1.29, 1.82) is 0 Å². The summed E-state index contributed by atoms with van der Waals surface area (Å²) in [5, 5.41) is 11.8. The summed E-state index contributed by atoms with van der Waals surface area (Å²) in [5.41, 5.74) is 0. The number of carboxylic acid groups (broad SMARTS) is 1. The number of likely N-dealkylation sites (N-methyl/N-ethyl adjacent to an activating group) is 1. The summed E-state index contributed by atoms with van der Waals surface area (Å²) >= 11 is 0. The maximum atomic E-state index is 12.8. The van der Waals surface area contributed by atoms with Gasteiger partial charge in [-0.3, -0.25) is 9.59 Å². The number of rotatable bonds is 56. The summed E-state index contributed by atoms with van der Waals surface area (Å²) in [6.07, 6.45) is 82.6. The highest BCUT2D eigenvalue weighted by Crippen LogP contribution is 2.16. The van der Waals surface area contributed by atoms with Crippen LogP contribution in [0.1, 0.15) is 232 Å². The Morgan fingerprint density at radius 2 is 0.709 bits per heavy atom. The van der Waals surface area contributed by atoms with Crippen molar-refractivity contribution < 1.29 is 42.9 Å². The quantitative estimate of drug-likeness (QED) is 0.0195. The number of carboxylic acids is 1. The first-order valence-electron chi connectivity index (χ1n) is 31.3. The molecule has 0 bridgehead atoms. The maximum Gasteiger partial charge on any atom is 0.306 e. The van der Waals surface area contributed by atoms with Gasteiger partial charge in [0, 0.05) is 12.8 Å². The summed E-state index contributed by atoms with van der Waals surface area (Å²) in [4.78, 5) is 37.3. The van der Waals surface area contributed by atoms with Crippen LogP contribution < -0.4 is 5.11 Å². The predicted molar refractivity (Wildman–Crippen MR) is 333 cm³/mol. The first-order valence-corrected chi connectivity index (χ1v) is 31.3. The third-order valence-corrected chi connectivity index (χ3v) is 12.9. The molecule has 0 fully saturated rings. The zero-order valence-electron chi connectivity index (χ0n) is 50.9. The molecule has 0 aliphatic heterocycles. The van der Waals surface area contributed by atoms with Crippen LogP contribution in [0.2, 0.25) is 0 Å². The van der Waals surface area contributed by atoms with E-state index >= 15 is 0 Å². The van der Waals surface area contributed by atoms with Gasteiger partial charge < -0.3 is 33.3 Å².